The van der Waals surface area contributed by atoms with E-state index in [0.29, 0.717) is 25.0 Å². The summed E-state index contributed by atoms with van der Waals surface area (Å²) in [5.41, 5.74) is -5.76. The molecule has 3 aromatic rings. The van der Waals surface area contributed by atoms with Gasteiger partial charge in [0.05, 0.1) is 26.4 Å². The third-order valence-electron chi connectivity index (χ3n) is 10.2. The average molecular weight is 791 g/mol. The zero-order valence-electron chi connectivity index (χ0n) is 34.3. The summed E-state index contributed by atoms with van der Waals surface area (Å²) in [4.78, 5) is 42.6. The maximum Gasteiger partial charge on any atom is 0.346 e. The monoisotopic (exact) mass is 790 g/mol. The summed E-state index contributed by atoms with van der Waals surface area (Å²) in [7, 11) is 1.02. The number of carbonyl (C=O) groups excluding carboxylic acids is 3. The van der Waals surface area contributed by atoms with Gasteiger partial charge >= 0.3 is 17.9 Å². The van der Waals surface area contributed by atoms with Gasteiger partial charge in [0.15, 0.2) is 5.79 Å². The lowest BCUT2D eigenvalue weighted by Gasteiger charge is -2.50. The van der Waals surface area contributed by atoms with Crippen LogP contribution >= 0.6 is 0 Å². The molecule has 0 unspecified atom stereocenters. The van der Waals surface area contributed by atoms with E-state index >= 15 is 0 Å². The molecule has 0 aliphatic carbocycles. The van der Waals surface area contributed by atoms with Crippen molar-refractivity contribution >= 4 is 17.9 Å². The van der Waals surface area contributed by atoms with Gasteiger partial charge in [0, 0.05) is 6.42 Å². The molecule has 3 aromatic carbocycles. The summed E-state index contributed by atoms with van der Waals surface area (Å²) < 4.78 is 42.4. The molecule has 2 bridgehead atoms. The molecule has 2 saturated heterocycles. The summed E-state index contributed by atoms with van der Waals surface area (Å²) in [5, 5.41) is 25.1. The third-order valence-corrected chi connectivity index (χ3v) is 10.2. The lowest BCUT2D eigenvalue weighted by Crippen LogP contribution is -2.78. The lowest BCUT2D eigenvalue weighted by atomic mass is 9.74. The molecule has 2 fully saturated rings. The number of aliphatic hydroxyl groups is 2. The Morgan fingerprint density at radius 2 is 1.30 bits per heavy atom. The van der Waals surface area contributed by atoms with Gasteiger partial charge in [0.1, 0.15) is 23.4 Å². The zero-order chi connectivity index (χ0) is 41.6. The molecule has 12 nitrogen and oxygen atoms in total. The van der Waals surface area contributed by atoms with Gasteiger partial charge in [-0.3, -0.25) is 0 Å². The van der Waals surface area contributed by atoms with Gasteiger partial charge < -0.3 is 43.4 Å². The zero-order valence-corrected chi connectivity index (χ0v) is 34.3. The normalized spacial score (nSPS) is 26.9. The topological polar surface area (TPSA) is 156 Å². The minimum Gasteiger partial charge on any atom is -0.467 e. The Bertz CT molecular complexity index is 1790. The second kappa shape index (κ2) is 17.8. The van der Waals surface area contributed by atoms with Crippen LogP contribution in [-0.4, -0.2) is 87.8 Å². The molecular weight excluding hydrogens is 732 g/mol. The molecule has 0 aromatic heterocycles. The van der Waals surface area contributed by atoms with E-state index in [1.54, 1.807) is 53.7 Å². The fourth-order valence-corrected chi connectivity index (χ4v) is 7.58. The van der Waals surface area contributed by atoms with Crippen LogP contribution in [0.1, 0.15) is 84.4 Å². The Kier molecular flexibility index (Phi) is 13.7. The Balaban J connectivity index is 1.56. The van der Waals surface area contributed by atoms with Crippen molar-refractivity contribution in [3.05, 3.63) is 108 Å². The van der Waals surface area contributed by atoms with Gasteiger partial charge in [-0.05, 0) is 83.4 Å². The summed E-state index contributed by atoms with van der Waals surface area (Å²) in [6.07, 6.45) is -4.75. The molecular formula is C45H58O12. The average Bonchev–Trinajstić information content (AvgIpc) is 3.37. The Morgan fingerprint density at radius 3 is 1.82 bits per heavy atom. The van der Waals surface area contributed by atoms with Gasteiger partial charge in [-0.15, -0.1) is 0 Å². The largest absolute Gasteiger partial charge is 0.467 e. The predicted molar refractivity (Wildman–Crippen MR) is 209 cm³/mol. The summed E-state index contributed by atoms with van der Waals surface area (Å²) in [6.45, 7) is 11.8. The molecule has 310 valence electrons. The Morgan fingerprint density at radius 1 is 0.772 bits per heavy atom. The van der Waals surface area contributed by atoms with Gasteiger partial charge in [-0.1, -0.05) is 97.9 Å². The predicted octanol–water partition coefficient (Wildman–Crippen LogP) is 6.02. The van der Waals surface area contributed by atoms with Crippen LogP contribution in [-0.2, 0) is 67.2 Å². The highest BCUT2D eigenvalue weighted by Crippen LogP contribution is 2.57. The van der Waals surface area contributed by atoms with E-state index < -0.39 is 64.4 Å². The fraction of sp³-hybridized carbons (Fsp3) is 0.533. The van der Waals surface area contributed by atoms with Crippen molar-refractivity contribution in [3.63, 3.8) is 0 Å². The van der Waals surface area contributed by atoms with Gasteiger partial charge in [0.2, 0.25) is 17.3 Å². The Labute approximate surface area is 335 Å². The van der Waals surface area contributed by atoms with Crippen molar-refractivity contribution in [1.29, 1.82) is 0 Å². The van der Waals surface area contributed by atoms with Gasteiger partial charge in [-0.2, -0.15) is 0 Å². The van der Waals surface area contributed by atoms with Crippen LogP contribution in [0.4, 0.5) is 0 Å². The highest BCUT2D eigenvalue weighted by Gasteiger charge is 2.85. The molecule has 2 heterocycles. The van der Waals surface area contributed by atoms with Crippen molar-refractivity contribution < 1.29 is 57.8 Å². The summed E-state index contributed by atoms with van der Waals surface area (Å²) in [6, 6.07) is 29.0. The van der Waals surface area contributed by atoms with E-state index in [1.165, 1.54) is 0 Å². The molecule has 0 amide bonds. The molecule has 0 spiro atoms. The van der Waals surface area contributed by atoms with E-state index in [4.69, 9.17) is 33.2 Å². The number of methoxy groups -OCH3 is 1. The molecule has 12 heteroatoms. The van der Waals surface area contributed by atoms with Crippen molar-refractivity contribution in [2.75, 3.05) is 7.11 Å². The first-order valence-corrected chi connectivity index (χ1v) is 19.5. The molecule has 2 aliphatic rings. The van der Waals surface area contributed by atoms with Crippen molar-refractivity contribution in [3.8, 4) is 0 Å². The van der Waals surface area contributed by atoms with Crippen LogP contribution in [0.5, 0.6) is 0 Å². The van der Waals surface area contributed by atoms with E-state index in [1.807, 2.05) is 66.7 Å². The molecule has 2 N–H and O–H groups in total. The van der Waals surface area contributed by atoms with Crippen molar-refractivity contribution in [2.24, 2.45) is 5.92 Å². The standard InChI is InChI=1S/C45H58O12/c1-30(27-31-19-12-9-13-20-31)34(52-28-32-21-14-10-15-22-32)25-18-26-43-36(53-29-33-23-16-11-17-24-33)35(46)45(57-43,40(49)51-8)44(50,39(48)56-42(5,6)7)37(54-43)38(47)55-41(2,3)4/h9-17,19-24,30,34-37,46,50H,18,25-29H2,1-8H3/t30-,34-,35-,36-,37+,43+,44-,45+/m1/s1. The second-order valence-corrected chi connectivity index (χ2v) is 17.0. The summed E-state index contributed by atoms with van der Waals surface area (Å²) >= 11 is 0. The van der Waals surface area contributed by atoms with E-state index in [2.05, 4.69) is 19.1 Å². The first-order chi connectivity index (χ1) is 26.8. The minimum atomic E-state index is -3.31. The highest BCUT2D eigenvalue weighted by molar-refractivity contribution is 5.99. The number of hydrogen-bond acceptors (Lipinski definition) is 12. The first kappa shape index (κ1) is 43.9. The number of rotatable bonds is 16. The minimum absolute atomic E-state index is 0.0435. The maximum absolute atomic E-state index is 14.3. The molecule has 5 rings (SSSR count). The second-order valence-electron chi connectivity index (χ2n) is 17.0. The summed E-state index contributed by atoms with van der Waals surface area (Å²) in [5.74, 6) is -6.03. The Hall–Kier alpha value is -4.17. The van der Waals surface area contributed by atoms with E-state index in [-0.39, 0.29) is 25.0 Å². The smallest absolute Gasteiger partial charge is 0.346 e. The molecule has 57 heavy (non-hydrogen) atoms. The number of aliphatic hydroxyl groups excluding tert-OH is 1. The van der Waals surface area contributed by atoms with Crippen LogP contribution in [0.25, 0.3) is 0 Å². The molecule has 2 aliphatic heterocycles. The van der Waals surface area contributed by atoms with Crippen LogP contribution in [0.3, 0.4) is 0 Å². The van der Waals surface area contributed by atoms with E-state index in [9.17, 15) is 24.6 Å². The quantitative estimate of drug-likeness (QED) is 0.129. The van der Waals surface area contributed by atoms with Gasteiger partial charge in [0.25, 0.3) is 0 Å². The third kappa shape index (κ3) is 9.76. The van der Waals surface area contributed by atoms with Gasteiger partial charge in [-0.25, -0.2) is 14.4 Å². The number of carbonyl (C=O) groups is 3. The molecule has 0 radical (unpaired) electrons. The number of ether oxygens (including phenoxy) is 7. The number of hydrogen-bond donors (Lipinski definition) is 2. The molecule has 0 saturated carbocycles. The number of fused-ring (bicyclic) bond motifs is 2. The lowest BCUT2D eigenvalue weighted by molar-refractivity contribution is -0.379. The van der Waals surface area contributed by atoms with Crippen molar-refractivity contribution in [1.82, 2.24) is 0 Å². The number of benzene rings is 3. The van der Waals surface area contributed by atoms with Crippen LogP contribution in [0.15, 0.2) is 91.0 Å². The van der Waals surface area contributed by atoms with E-state index in [0.717, 1.165) is 24.7 Å². The first-order valence-electron chi connectivity index (χ1n) is 19.5. The molecule has 8 atom stereocenters. The SMILES string of the molecule is COC(=O)[C@]12O[C@](CCC[C@@H](OCc3ccccc3)[C@H](C)Cc3ccccc3)(O[C@@H](C(=O)OC(C)(C)C)[C@@]1(O)C(=O)OC(C)(C)C)[C@H](OCc1ccccc1)[C@H]2O. The number of esters is 3. The van der Waals surface area contributed by atoms with Crippen LogP contribution in [0.2, 0.25) is 0 Å². The van der Waals surface area contributed by atoms with Crippen molar-refractivity contribution in [2.45, 2.75) is 140 Å². The fourth-order valence-electron chi connectivity index (χ4n) is 7.58. The van der Waals surface area contributed by atoms with Crippen LogP contribution < -0.4 is 0 Å². The van der Waals surface area contributed by atoms with Crippen LogP contribution in [0, 0.1) is 5.92 Å². The maximum atomic E-state index is 14.3. The highest BCUT2D eigenvalue weighted by atomic mass is 16.8.